The van der Waals surface area contributed by atoms with Crippen molar-refractivity contribution in [3.63, 3.8) is 0 Å². The number of carbonyl (C=O) groups is 3. The van der Waals surface area contributed by atoms with Crippen molar-refractivity contribution < 1.29 is 28.6 Å². The maximum atomic E-state index is 12.5. The van der Waals surface area contributed by atoms with Gasteiger partial charge in [0.1, 0.15) is 12.1 Å². The van der Waals surface area contributed by atoms with E-state index in [1.165, 1.54) is 0 Å². The zero-order chi connectivity index (χ0) is 19.4. The van der Waals surface area contributed by atoms with Gasteiger partial charge in [0.05, 0.1) is 6.10 Å². The van der Waals surface area contributed by atoms with Crippen molar-refractivity contribution >= 4 is 23.9 Å². The molecule has 0 aromatic carbocycles. The predicted octanol–water partition coefficient (Wildman–Crippen LogP) is 1.52. The molecule has 0 aromatic heterocycles. The highest BCUT2D eigenvalue weighted by molar-refractivity contribution is 6.25. The van der Waals surface area contributed by atoms with E-state index in [-0.39, 0.29) is 24.9 Å². The summed E-state index contributed by atoms with van der Waals surface area (Å²) in [5, 5.41) is 2.62. The number of ketones is 1. The highest BCUT2D eigenvalue weighted by atomic mass is 16.5. The molecule has 0 radical (unpaired) electrons. The van der Waals surface area contributed by atoms with Crippen LogP contribution >= 0.6 is 0 Å². The largest absolute Gasteiger partial charge is 0.461 e. The summed E-state index contributed by atoms with van der Waals surface area (Å²) in [6, 6.07) is -0.974. The molecule has 0 aliphatic rings. The van der Waals surface area contributed by atoms with Crippen molar-refractivity contribution in [2.24, 2.45) is 5.92 Å². The zero-order valence-corrected chi connectivity index (χ0v) is 15.7. The lowest BCUT2D eigenvalue weighted by atomic mass is 10.00. The lowest BCUT2D eigenvalue weighted by molar-refractivity contribution is -0.153. The monoisotopic (exact) mass is 355 g/mol. The number of ether oxygens (including phenoxy) is 2. The lowest BCUT2D eigenvalue weighted by Gasteiger charge is -2.25. The fourth-order valence-electron chi connectivity index (χ4n) is 2.12. The molecule has 0 spiro atoms. The molecule has 0 aromatic rings. The molecule has 1 amide bonds. The quantitative estimate of drug-likeness (QED) is 0.246. The van der Waals surface area contributed by atoms with Crippen LogP contribution in [0.4, 0.5) is 0 Å². The van der Waals surface area contributed by atoms with Gasteiger partial charge >= 0.3 is 12.2 Å². The first-order chi connectivity index (χ1) is 11.8. The Morgan fingerprint density at radius 1 is 1.20 bits per heavy atom. The van der Waals surface area contributed by atoms with Crippen molar-refractivity contribution in [1.82, 2.24) is 5.32 Å². The molecule has 0 unspecified atom stereocenters. The second-order valence-electron chi connectivity index (χ2n) is 6.06. The molecule has 8 heteroatoms. The third-order valence-corrected chi connectivity index (χ3v) is 3.60. The van der Waals surface area contributed by atoms with Crippen LogP contribution in [0, 0.1) is 5.92 Å². The van der Waals surface area contributed by atoms with Gasteiger partial charge in [0.25, 0.3) is 0 Å². The summed E-state index contributed by atoms with van der Waals surface area (Å²) < 4.78 is 10.6. The molecule has 0 saturated heterocycles. The second kappa shape index (κ2) is 12.3. The first-order valence-electron chi connectivity index (χ1n) is 8.59. The van der Waals surface area contributed by atoms with Gasteiger partial charge in [-0.05, 0) is 33.1 Å². The molecule has 0 saturated carbocycles. The minimum absolute atomic E-state index is 0.0233. The standard InChI is InChI=1S/C17H29N3O5/c1-6-12(5)15(24-7-2)16(22)20-14(17(23)25-11(3)4)9-8-13(21)10-19-18/h10-12,14-15H,6-9H2,1-5H3,(H,20,22)/t12-,14+,15+/m1/s1. The summed E-state index contributed by atoms with van der Waals surface area (Å²) in [7, 11) is 0. The molecule has 1 N–H and O–H groups in total. The van der Waals surface area contributed by atoms with Crippen molar-refractivity contribution in [2.75, 3.05) is 6.61 Å². The SMILES string of the molecule is CCO[C@H](C(=O)N[C@@H](CCC(=O)C=[N+]=[N-])C(=O)OC(C)C)[C@H](C)CC. The second-order valence-corrected chi connectivity index (χ2v) is 6.06. The normalized spacial score (nSPS) is 14.2. The van der Waals surface area contributed by atoms with E-state index in [0.717, 1.165) is 12.6 Å². The summed E-state index contributed by atoms with van der Waals surface area (Å²) >= 11 is 0. The van der Waals surface area contributed by atoms with E-state index in [9.17, 15) is 14.4 Å². The van der Waals surface area contributed by atoms with E-state index in [1.54, 1.807) is 20.8 Å². The number of Topliss-reactive ketones (excluding diaryl/α,β-unsaturated/α-hetero) is 1. The first kappa shape index (κ1) is 22.9. The smallest absolute Gasteiger partial charge is 0.328 e. The Hall–Kier alpha value is -2.05. The maximum Gasteiger partial charge on any atom is 0.328 e. The molecule has 0 aliphatic heterocycles. The van der Waals surface area contributed by atoms with Gasteiger partial charge in [-0.15, -0.1) is 0 Å². The van der Waals surface area contributed by atoms with Crippen molar-refractivity contribution in [3.05, 3.63) is 5.53 Å². The van der Waals surface area contributed by atoms with Gasteiger partial charge < -0.3 is 20.3 Å². The highest BCUT2D eigenvalue weighted by Gasteiger charge is 2.30. The number of amides is 1. The molecule has 8 nitrogen and oxygen atoms in total. The van der Waals surface area contributed by atoms with Gasteiger partial charge in [0.2, 0.25) is 11.7 Å². The van der Waals surface area contributed by atoms with Gasteiger partial charge in [-0.3, -0.25) is 9.59 Å². The van der Waals surface area contributed by atoms with E-state index < -0.39 is 29.8 Å². The molecular formula is C17H29N3O5. The Morgan fingerprint density at radius 3 is 2.32 bits per heavy atom. The third kappa shape index (κ3) is 9.12. The topological polar surface area (TPSA) is 118 Å². The molecule has 0 bridgehead atoms. The fourth-order valence-corrected chi connectivity index (χ4v) is 2.12. The van der Waals surface area contributed by atoms with E-state index in [2.05, 4.69) is 10.1 Å². The summed E-state index contributed by atoms with van der Waals surface area (Å²) in [6.07, 6.45) is 0.448. The van der Waals surface area contributed by atoms with E-state index in [0.29, 0.717) is 6.61 Å². The van der Waals surface area contributed by atoms with Crippen LogP contribution < -0.4 is 5.32 Å². The van der Waals surface area contributed by atoms with Gasteiger partial charge in [-0.25, -0.2) is 4.79 Å². The van der Waals surface area contributed by atoms with Crippen molar-refractivity contribution in [2.45, 2.75) is 72.1 Å². The summed E-state index contributed by atoms with van der Waals surface area (Å²) in [5.41, 5.74) is 8.37. The van der Waals surface area contributed by atoms with E-state index in [4.69, 9.17) is 15.0 Å². The Bertz CT molecular complexity index is 501. The zero-order valence-electron chi connectivity index (χ0n) is 15.7. The molecule has 0 heterocycles. The Kier molecular flexibility index (Phi) is 11.3. The average molecular weight is 355 g/mol. The van der Waals surface area contributed by atoms with Crippen LogP contribution in [0.5, 0.6) is 0 Å². The molecule has 0 rings (SSSR count). The number of nitrogens with one attached hydrogen (secondary N) is 1. The Labute approximate surface area is 148 Å². The minimum atomic E-state index is -0.974. The van der Waals surface area contributed by atoms with Crippen LogP contribution in [-0.2, 0) is 23.9 Å². The molecular weight excluding hydrogens is 326 g/mol. The number of rotatable bonds is 12. The molecule has 142 valence electrons. The molecule has 25 heavy (non-hydrogen) atoms. The summed E-state index contributed by atoms with van der Waals surface area (Å²) in [5.74, 6) is -1.51. The van der Waals surface area contributed by atoms with Gasteiger partial charge in [-0.1, -0.05) is 20.3 Å². The van der Waals surface area contributed by atoms with Crippen LogP contribution in [-0.4, -0.2) is 53.5 Å². The fraction of sp³-hybridized carbons (Fsp3) is 0.765. The van der Waals surface area contributed by atoms with Gasteiger partial charge in [0, 0.05) is 13.0 Å². The molecule has 0 fully saturated rings. The predicted molar refractivity (Wildman–Crippen MR) is 92.0 cm³/mol. The van der Waals surface area contributed by atoms with Crippen LogP contribution in [0.3, 0.4) is 0 Å². The third-order valence-electron chi connectivity index (χ3n) is 3.60. The number of hydrogen-bond donors (Lipinski definition) is 1. The van der Waals surface area contributed by atoms with Crippen LogP contribution in [0.1, 0.15) is 53.9 Å². The number of carbonyl (C=O) groups excluding carboxylic acids is 3. The van der Waals surface area contributed by atoms with E-state index >= 15 is 0 Å². The lowest BCUT2D eigenvalue weighted by Crippen LogP contribution is -2.49. The average Bonchev–Trinajstić information content (AvgIpc) is 2.54. The van der Waals surface area contributed by atoms with Crippen molar-refractivity contribution in [1.29, 1.82) is 0 Å². The number of hydrogen-bond acceptors (Lipinski definition) is 5. The highest BCUT2D eigenvalue weighted by Crippen LogP contribution is 2.13. The summed E-state index contributed by atoms with van der Waals surface area (Å²) in [6.45, 7) is 9.39. The number of esters is 1. The summed E-state index contributed by atoms with van der Waals surface area (Å²) in [4.78, 5) is 38.8. The van der Waals surface area contributed by atoms with Gasteiger partial charge in [0.15, 0.2) is 0 Å². The number of nitrogens with zero attached hydrogens (tertiary/aromatic N) is 2. The van der Waals surface area contributed by atoms with Crippen molar-refractivity contribution in [3.8, 4) is 0 Å². The minimum Gasteiger partial charge on any atom is -0.461 e. The van der Waals surface area contributed by atoms with Crippen LogP contribution in [0.25, 0.3) is 5.53 Å². The maximum absolute atomic E-state index is 12.5. The molecule has 3 atom stereocenters. The Balaban J connectivity index is 5.10. The van der Waals surface area contributed by atoms with Crippen LogP contribution in [0.2, 0.25) is 0 Å². The van der Waals surface area contributed by atoms with Crippen LogP contribution in [0.15, 0.2) is 0 Å². The first-order valence-corrected chi connectivity index (χ1v) is 8.59. The van der Waals surface area contributed by atoms with E-state index in [1.807, 2.05) is 13.8 Å². The Morgan fingerprint density at radius 2 is 1.84 bits per heavy atom. The molecule has 0 aliphatic carbocycles. The van der Waals surface area contributed by atoms with Gasteiger partial charge in [-0.2, -0.15) is 4.79 Å².